The van der Waals surface area contributed by atoms with Crippen molar-refractivity contribution in [2.75, 3.05) is 6.61 Å². The number of carbonyl (C=O) groups is 1. The topological polar surface area (TPSA) is 99.0 Å². The number of alkyl halides is 2. The van der Waals surface area contributed by atoms with Crippen LogP contribution in [0.4, 0.5) is 13.2 Å². The molecule has 6 nitrogen and oxygen atoms in total. The van der Waals surface area contributed by atoms with Crippen molar-refractivity contribution >= 4 is 28.8 Å². The number of aliphatic hydroxyl groups is 1. The lowest BCUT2D eigenvalue weighted by molar-refractivity contribution is -0.164. The molecule has 0 aliphatic carbocycles. The number of hydrogen-bond donors (Lipinski definition) is 1. The van der Waals surface area contributed by atoms with Gasteiger partial charge in [-0.05, 0) is 91.0 Å². The molecule has 1 atom stereocenters. The minimum absolute atomic E-state index is 0.124. The molecule has 0 amide bonds. The fraction of sp³-hybridized carbons (Fsp3) is 0.125. The number of fused-ring (bicyclic) bond motifs is 1. The second-order valence-corrected chi connectivity index (χ2v) is 12.6. The van der Waals surface area contributed by atoms with Crippen LogP contribution in [-0.4, -0.2) is 21.7 Å². The van der Waals surface area contributed by atoms with Crippen LogP contribution in [0, 0.1) is 28.5 Å². The SMILES string of the molecule is CCOC(=O)C(C)(O)c1ccc(-c2cccc(-c3c(-c4c(C#N)cccc4C#N)c4cc(F)ccc4n3Sc3ccc(C(F)F)cc3)c2)cc1. The van der Waals surface area contributed by atoms with E-state index in [0.29, 0.717) is 43.7 Å². The summed E-state index contributed by atoms with van der Waals surface area (Å²) < 4.78 is 48.7. The Hall–Kier alpha value is -5.81. The zero-order valence-corrected chi connectivity index (χ0v) is 27.6. The molecule has 0 fully saturated rings. The quantitative estimate of drug-likeness (QED) is 0.152. The molecule has 10 heteroatoms. The third kappa shape index (κ3) is 6.35. The first kappa shape index (κ1) is 34.1. The molecule has 0 radical (unpaired) electrons. The molecule has 1 heterocycles. The molecule has 6 rings (SSSR count). The van der Waals surface area contributed by atoms with Crippen molar-refractivity contribution in [3.63, 3.8) is 0 Å². The predicted molar refractivity (Wildman–Crippen MR) is 186 cm³/mol. The average Bonchev–Trinajstić information content (AvgIpc) is 3.43. The number of carbonyl (C=O) groups excluding carboxylic acids is 1. The van der Waals surface area contributed by atoms with Gasteiger partial charge < -0.3 is 9.84 Å². The van der Waals surface area contributed by atoms with Crippen LogP contribution < -0.4 is 0 Å². The first-order chi connectivity index (χ1) is 24.1. The molecule has 50 heavy (non-hydrogen) atoms. The summed E-state index contributed by atoms with van der Waals surface area (Å²) >= 11 is 1.23. The van der Waals surface area contributed by atoms with Gasteiger partial charge in [-0.15, -0.1) is 0 Å². The summed E-state index contributed by atoms with van der Waals surface area (Å²) in [6, 6.07) is 33.6. The second-order valence-electron chi connectivity index (χ2n) is 11.5. The van der Waals surface area contributed by atoms with E-state index in [1.54, 1.807) is 67.6 Å². The van der Waals surface area contributed by atoms with Crippen LogP contribution in [0.5, 0.6) is 0 Å². The molecule has 1 N–H and O–H groups in total. The van der Waals surface area contributed by atoms with Crippen molar-refractivity contribution in [3.8, 4) is 45.6 Å². The van der Waals surface area contributed by atoms with E-state index in [4.69, 9.17) is 4.74 Å². The van der Waals surface area contributed by atoms with Crippen LogP contribution >= 0.6 is 11.9 Å². The Bertz CT molecular complexity index is 2290. The van der Waals surface area contributed by atoms with Gasteiger partial charge in [0.1, 0.15) is 5.82 Å². The van der Waals surface area contributed by atoms with Gasteiger partial charge in [-0.2, -0.15) is 10.5 Å². The number of rotatable bonds is 9. The van der Waals surface area contributed by atoms with Crippen LogP contribution in [0.1, 0.15) is 42.5 Å². The largest absolute Gasteiger partial charge is 0.464 e. The standard InChI is InChI=1S/C40H28F3N3O3S/c1-3-49-39(47)40(2,48)30-14-10-24(11-15-30)26-6-4-7-27(20-26)37-36(35-28(22-44)8-5-9-29(35)23-45)33-21-31(41)16-19-34(33)46(37)50-32-17-12-25(13-18-32)38(42)43/h4-21,38,48H,3H2,1-2H3. The lowest BCUT2D eigenvalue weighted by atomic mass is 9.90. The van der Waals surface area contributed by atoms with Crippen LogP contribution in [0.3, 0.4) is 0 Å². The highest BCUT2D eigenvalue weighted by Crippen LogP contribution is 2.47. The van der Waals surface area contributed by atoms with Gasteiger partial charge in [0.05, 0.1) is 41.1 Å². The Morgan fingerprint density at radius 1 is 0.860 bits per heavy atom. The molecule has 248 valence electrons. The minimum atomic E-state index is -2.63. The number of hydrogen-bond acceptors (Lipinski definition) is 6. The van der Waals surface area contributed by atoms with Crippen molar-refractivity contribution in [1.29, 1.82) is 10.5 Å². The Kier molecular flexibility index (Phi) is 9.52. The van der Waals surface area contributed by atoms with E-state index >= 15 is 4.39 Å². The van der Waals surface area contributed by atoms with E-state index in [0.717, 1.165) is 11.1 Å². The summed E-state index contributed by atoms with van der Waals surface area (Å²) in [6.07, 6.45) is -2.63. The molecule has 1 aromatic heterocycles. The maximum absolute atomic E-state index is 15.0. The Morgan fingerprint density at radius 3 is 2.12 bits per heavy atom. The first-order valence-corrected chi connectivity index (χ1v) is 16.3. The van der Waals surface area contributed by atoms with Gasteiger partial charge in [0.2, 0.25) is 0 Å². The summed E-state index contributed by atoms with van der Waals surface area (Å²) in [5.41, 5.74) is 2.93. The Morgan fingerprint density at radius 2 is 1.50 bits per heavy atom. The molecule has 0 saturated heterocycles. The van der Waals surface area contributed by atoms with Crippen LogP contribution in [0.25, 0.3) is 44.4 Å². The normalized spacial score (nSPS) is 12.3. The van der Waals surface area contributed by atoms with Gasteiger partial charge in [-0.1, -0.05) is 60.7 Å². The maximum Gasteiger partial charge on any atom is 0.342 e. The number of nitrogens with zero attached hydrogens (tertiary/aromatic N) is 3. The number of nitriles is 2. The van der Waals surface area contributed by atoms with E-state index < -0.39 is 23.8 Å². The van der Waals surface area contributed by atoms with Crippen LogP contribution in [0.15, 0.2) is 114 Å². The van der Waals surface area contributed by atoms with Crippen molar-refractivity contribution in [3.05, 3.63) is 137 Å². The van der Waals surface area contributed by atoms with Gasteiger partial charge in [-0.3, -0.25) is 3.97 Å². The lowest BCUT2D eigenvalue weighted by Gasteiger charge is -2.21. The summed E-state index contributed by atoms with van der Waals surface area (Å²) in [5, 5.41) is 31.7. The van der Waals surface area contributed by atoms with Gasteiger partial charge in [0.15, 0.2) is 5.60 Å². The van der Waals surface area contributed by atoms with E-state index in [9.17, 15) is 29.2 Å². The number of aromatic nitrogens is 1. The summed E-state index contributed by atoms with van der Waals surface area (Å²) in [7, 11) is 0. The monoisotopic (exact) mass is 687 g/mol. The summed E-state index contributed by atoms with van der Waals surface area (Å²) in [4.78, 5) is 13.0. The van der Waals surface area contributed by atoms with Gasteiger partial charge >= 0.3 is 5.97 Å². The highest BCUT2D eigenvalue weighted by Gasteiger charge is 2.34. The molecule has 0 bridgehead atoms. The second kappa shape index (κ2) is 14.0. The first-order valence-electron chi connectivity index (χ1n) is 15.5. The molecule has 0 saturated carbocycles. The highest BCUT2D eigenvalue weighted by atomic mass is 32.2. The number of halogens is 3. The molecular formula is C40H28F3N3O3S. The van der Waals surface area contributed by atoms with Gasteiger partial charge in [-0.25, -0.2) is 18.0 Å². The van der Waals surface area contributed by atoms with E-state index in [1.807, 2.05) is 28.2 Å². The van der Waals surface area contributed by atoms with E-state index in [1.165, 1.54) is 43.1 Å². The summed E-state index contributed by atoms with van der Waals surface area (Å²) in [5.74, 6) is -1.28. The van der Waals surface area contributed by atoms with E-state index in [2.05, 4.69) is 12.1 Å². The molecule has 1 unspecified atom stereocenters. The Labute approximate surface area is 290 Å². The minimum Gasteiger partial charge on any atom is -0.464 e. The smallest absolute Gasteiger partial charge is 0.342 e. The van der Waals surface area contributed by atoms with Crippen LogP contribution in [0.2, 0.25) is 0 Å². The summed E-state index contributed by atoms with van der Waals surface area (Å²) in [6.45, 7) is 3.16. The van der Waals surface area contributed by atoms with Crippen LogP contribution in [-0.2, 0) is 15.1 Å². The highest BCUT2D eigenvalue weighted by molar-refractivity contribution is 7.98. The van der Waals surface area contributed by atoms with Crippen molar-refractivity contribution in [2.45, 2.75) is 30.8 Å². The maximum atomic E-state index is 15.0. The predicted octanol–water partition coefficient (Wildman–Crippen LogP) is 9.79. The molecule has 0 aliphatic rings. The number of benzene rings is 5. The zero-order chi connectivity index (χ0) is 35.6. The van der Waals surface area contributed by atoms with Crippen molar-refractivity contribution in [2.24, 2.45) is 0 Å². The fourth-order valence-electron chi connectivity index (χ4n) is 5.85. The molecule has 0 aliphatic heterocycles. The third-order valence-electron chi connectivity index (χ3n) is 8.36. The molecule has 0 spiro atoms. The fourth-order valence-corrected chi connectivity index (χ4v) is 6.87. The lowest BCUT2D eigenvalue weighted by Crippen LogP contribution is -2.34. The molecule has 5 aromatic carbocycles. The van der Waals surface area contributed by atoms with Gasteiger partial charge in [0, 0.05) is 32.5 Å². The van der Waals surface area contributed by atoms with Crippen molar-refractivity contribution in [1.82, 2.24) is 3.97 Å². The van der Waals surface area contributed by atoms with Gasteiger partial charge in [0.25, 0.3) is 6.43 Å². The van der Waals surface area contributed by atoms with E-state index in [-0.39, 0.29) is 23.3 Å². The average molecular weight is 688 g/mol. The number of esters is 1. The number of ether oxygens (including phenoxy) is 1. The Balaban J connectivity index is 1.59. The zero-order valence-electron chi connectivity index (χ0n) is 26.8. The molecular weight excluding hydrogens is 660 g/mol. The third-order valence-corrected chi connectivity index (χ3v) is 9.40. The molecule has 6 aromatic rings. The van der Waals surface area contributed by atoms with Crippen molar-refractivity contribution < 1.29 is 27.8 Å².